The van der Waals surface area contributed by atoms with Crippen molar-refractivity contribution in [3.8, 4) is 11.4 Å². The van der Waals surface area contributed by atoms with Gasteiger partial charge in [0.25, 0.3) is 0 Å². The van der Waals surface area contributed by atoms with Crippen molar-refractivity contribution >= 4 is 33.3 Å². The molecule has 1 aromatic carbocycles. The van der Waals surface area contributed by atoms with Crippen LogP contribution < -0.4 is 4.74 Å². The van der Waals surface area contributed by atoms with Crippen molar-refractivity contribution in [2.24, 2.45) is 0 Å². The fraction of sp³-hybridized carbons (Fsp3) is 0.440. The zero-order valence-corrected chi connectivity index (χ0v) is 21.7. The molecule has 0 saturated heterocycles. The summed E-state index contributed by atoms with van der Waals surface area (Å²) in [5, 5.41) is 12.3. The first kappa shape index (κ1) is 23.3. The minimum absolute atomic E-state index is 0.145. The maximum atomic E-state index is 5.38. The van der Waals surface area contributed by atoms with E-state index in [1.807, 2.05) is 23.5 Å². The first-order chi connectivity index (χ1) is 16.6. The molecule has 0 fully saturated rings. The number of methoxy groups -OCH3 is 1. The van der Waals surface area contributed by atoms with E-state index < -0.39 is 0 Å². The highest BCUT2D eigenvalue weighted by Gasteiger charge is 2.26. The largest absolute Gasteiger partial charge is 0.497 e. The molecular weight excluding hydrogens is 464 g/mol. The molecule has 0 saturated carbocycles. The van der Waals surface area contributed by atoms with E-state index in [0.717, 1.165) is 51.5 Å². The Bertz CT molecular complexity index is 1280. The predicted octanol–water partition coefficient (Wildman–Crippen LogP) is 5.71. The molecule has 3 heterocycles. The van der Waals surface area contributed by atoms with E-state index in [1.54, 1.807) is 25.2 Å². The lowest BCUT2D eigenvalue weighted by molar-refractivity contribution is 0.276. The number of rotatable bonds is 7. The van der Waals surface area contributed by atoms with Gasteiger partial charge >= 0.3 is 0 Å². The van der Waals surface area contributed by atoms with Gasteiger partial charge in [-0.3, -0.25) is 9.47 Å². The average Bonchev–Trinajstić information content (AvgIpc) is 3.33. The third kappa shape index (κ3) is 4.32. The molecule has 34 heavy (non-hydrogen) atoms. The number of aryl methyl sites for hydroxylation is 2. The van der Waals surface area contributed by atoms with Crippen molar-refractivity contribution < 1.29 is 4.74 Å². The summed E-state index contributed by atoms with van der Waals surface area (Å²) in [6.07, 6.45) is 8.64. The molecule has 178 valence electrons. The van der Waals surface area contributed by atoms with Crippen LogP contribution in [0.25, 0.3) is 15.9 Å². The second kappa shape index (κ2) is 10.0. The molecule has 0 amide bonds. The van der Waals surface area contributed by atoms with Crippen LogP contribution in [0, 0.1) is 0 Å². The molecule has 0 spiro atoms. The number of fused-ring (bicyclic) bond motifs is 3. The number of hydrogen-bond donors (Lipinski definition) is 0. The Morgan fingerprint density at radius 2 is 1.88 bits per heavy atom. The van der Waals surface area contributed by atoms with Crippen LogP contribution in [0.5, 0.6) is 5.75 Å². The van der Waals surface area contributed by atoms with Crippen molar-refractivity contribution in [1.82, 2.24) is 29.6 Å². The minimum Gasteiger partial charge on any atom is -0.497 e. The molecule has 0 radical (unpaired) electrons. The van der Waals surface area contributed by atoms with E-state index in [-0.39, 0.29) is 6.04 Å². The fourth-order valence-electron chi connectivity index (χ4n) is 4.72. The van der Waals surface area contributed by atoms with E-state index in [9.17, 15) is 0 Å². The highest BCUT2D eigenvalue weighted by atomic mass is 32.2. The van der Waals surface area contributed by atoms with Crippen LogP contribution in [0.15, 0.2) is 40.8 Å². The zero-order chi connectivity index (χ0) is 23.7. The topological polar surface area (TPSA) is 69.0 Å². The molecule has 1 aliphatic rings. The molecule has 9 heteroatoms. The fourth-order valence-corrected chi connectivity index (χ4v) is 6.98. The second-order valence-corrected chi connectivity index (χ2v) is 10.8. The molecule has 0 bridgehead atoms. The lowest BCUT2D eigenvalue weighted by Gasteiger charge is -2.23. The van der Waals surface area contributed by atoms with Gasteiger partial charge in [0.1, 0.15) is 21.9 Å². The van der Waals surface area contributed by atoms with E-state index in [2.05, 4.69) is 57.8 Å². The molecule has 0 N–H and O–H groups in total. The maximum Gasteiger partial charge on any atom is 0.202 e. The third-order valence-corrected chi connectivity index (χ3v) is 8.60. The molecule has 1 aliphatic carbocycles. The molecule has 0 aliphatic heterocycles. The molecule has 4 aromatic rings. The zero-order valence-electron chi connectivity index (χ0n) is 20.1. The smallest absolute Gasteiger partial charge is 0.202 e. The van der Waals surface area contributed by atoms with Gasteiger partial charge in [0.15, 0.2) is 5.82 Å². The quantitative estimate of drug-likeness (QED) is 0.241. The second-order valence-electron chi connectivity index (χ2n) is 8.79. The number of ether oxygens (including phenoxy) is 1. The number of thiophene rings is 1. The lowest BCUT2D eigenvalue weighted by Crippen LogP contribution is -2.22. The van der Waals surface area contributed by atoms with Crippen LogP contribution in [0.2, 0.25) is 0 Å². The van der Waals surface area contributed by atoms with Gasteiger partial charge in [-0.25, -0.2) is 9.97 Å². The summed E-state index contributed by atoms with van der Waals surface area (Å²) in [5.41, 5.74) is 2.45. The van der Waals surface area contributed by atoms with Crippen molar-refractivity contribution in [2.45, 2.75) is 61.7 Å². The van der Waals surface area contributed by atoms with Crippen molar-refractivity contribution in [3.63, 3.8) is 0 Å². The van der Waals surface area contributed by atoms with Gasteiger partial charge in [0.05, 0.1) is 13.2 Å². The predicted molar refractivity (Wildman–Crippen MR) is 137 cm³/mol. The minimum atomic E-state index is 0.145. The van der Waals surface area contributed by atoms with Crippen molar-refractivity contribution in [1.29, 1.82) is 0 Å². The van der Waals surface area contributed by atoms with Gasteiger partial charge in [-0.1, -0.05) is 13.3 Å². The third-order valence-electron chi connectivity index (χ3n) is 6.45. The van der Waals surface area contributed by atoms with Gasteiger partial charge in [0, 0.05) is 16.0 Å². The maximum absolute atomic E-state index is 5.38. The summed E-state index contributed by atoms with van der Waals surface area (Å²) in [4.78, 5) is 14.1. The molecular formula is C25H30N6OS2. The Hall–Kier alpha value is -2.49. The Morgan fingerprint density at radius 1 is 1.09 bits per heavy atom. The van der Waals surface area contributed by atoms with E-state index in [1.165, 1.54) is 35.1 Å². The van der Waals surface area contributed by atoms with Gasteiger partial charge in [-0.2, -0.15) is 0 Å². The molecule has 5 rings (SSSR count). The Balaban J connectivity index is 1.63. The molecule has 1 atom stereocenters. The van der Waals surface area contributed by atoms with Gasteiger partial charge in [-0.05, 0) is 87.8 Å². The van der Waals surface area contributed by atoms with Crippen molar-refractivity contribution in [2.75, 3.05) is 21.2 Å². The highest BCUT2D eigenvalue weighted by Crippen LogP contribution is 2.41. The highest BCUT2D eigenvalue weighted by molar-refractivity contribution is 7.99. The molecule has 7 nitrogen and oxygen atoms in total. The van der Waals surface area contributed by atoms with Crippen LogP contribution in [-0.4, -0.2) is 50.8 Å². The number of benzene rings is 1. The number of aromatic nitrogens is 5. The Morgan fingerprint density at radius 3 is 2.62 bits per heavy atom. The monoisotopic (exact) mass is 494 g/mol. The van der Waals surface area contributed by atoms with Crippen LogP contribution in [0.3, 0.4) is 0 Å². The summed E-state index contributed by atoms with van der Waals surface area (Å²) in [6, 6.07) is 8.22. The van der Waals surface area contributed by atoms with Crippen molar-refractivity contribution in [3.05, 3.63) is 46.9 Å². The van der Waals surface area contributed by atoms with E-state index in [0.29, 0.717) is 0 Å². The number of nitrogens with zero attached hydrogens (tertiary/aromatic N) is 6. The summed E-state index contributed by atoms with van der Waals surface area (Å²) in [7, 11) is 5.86. The Labute approximate surface area is 208 Å². The van der Waals surface area contributed by atoms with Crippen LogP contribution in [0.1, 0.15) is 54.9 Å². The lowest BCUT2D eigenvalue weighted by atomic mass is 10.1. The molecule has 1 unspecified atom stereocenters. The first-order valence-corrected chi connectivity index (χ1v) is 13.4. The number of hydrogen-bond acceptors (Lipinski definition) is 8. The SMILES string of the molecule is CCC(c1nnc(Sc2ncnc3sc4c(c23)CCCCC4)n1-c1ccc(OC)cc1)N(C)C. The first-order valence-electron chi connectivity index (χ1n) is 11.8. The summed E-state index contributed by atoms with van der Waals surface area (Å²) in [5.74, 6) is 1.75. The normalized spacial score (nSPS) is 14.9. The summed E-state index contributed by atoms with van der Waals surface area (Å²) < 4.78 is 7.55. The summed E-state index contributed by atoms with van der Waals surface area (Å²) in [6.45, 7) is 2.18. The Kier molecular flexibility index (Phi) is 6.85. The standard InChI is InChI=1S/C25H30N6OS2/c1-5-19(30(2)3)22-28-29-25(31(22)16-11-13-17(32-4)14-12-16)34-24-21-18-9-7-6-8-10-20(18)33-23(21)26-15-27-24/h11-15,19H,5-10H2,1-4H3. The van der Waals surface area contributed by atoms with Gasteiger partial charge in [-0.15, -0.1) is 21.5 Å². The van der Waals surface area contributed by atoms with Crippen LogP contribution in [0.4, 0.5) is 0 Å². The van der Waals surface area contributed by atoms with Gasteiger partial charge < -0.3 is 4.74 Å². The van der Waals surface area contributed by atoms with Crippen LogP contribution in [-0.2, 0) is 12.8 Å². The van der Waals surface area contributed by atoms with Gasteiger partial charge in [0.2, 0.25) is 5.16 Å². The summed E-state index contributed by atoms with van der Waals surface area (Å²) >= 11 is 3.42. The van der Waals surface area contributed by atoms with E-state index >= 15 is 0 Å². The van der Waals surface area contributed by atoms with Crippen LogP contribution >= 0.6 is 23.1 Å². The molecule has 3 aromatic heterocycles. The van der Waals surface area contributed by atoms with E-state index in [4.69, 9.17) is 9.72 Å². The average molecular weight is 495 g/mol.